The summed E-state index contributed by atoms with van der Waals surface area (Å²) in [5, 5.41) is 11.3. The number of carbonyl (C=O) groups is 1. The molecular formula is C21H19N3O3. The number of aromatic nitrogens is 2. The number of rotatable bonds is 6. The molecule has 0 aliphatic heterocycles. The highest BCUT2D eigenvalue weighted by Crippen LogP contribution is 2.25. The molecule has 1 aliphatic rings. The maximum atomic E-state index is 12.2. The zero-order valence-corrected chi connectivity index (χ0v) is 14.9. The molecule has 1 saturated carbocycles. The van der Waals surface area contributed by atoms with E-state index in [1.807, 2.05) is 42.5 Å². The first kappa shape index (κ1) is 17.0. The molecular weight excluding hydrogens is 342 g/mol. The fourth-order valence-corrected chi connectivity index (χ4v) is 2.63. The molecule has 0 unspecified atom stereocenters. The molecule has 4 rings (SSSR count). The Morgan fingerprint density at radius 1 is 1.00 bits per heavy atom. The Bertz CT molecular complexity index is 953. The Morgan fingerprint density at radius 2 is 1.81 bits per heavy atom. The van der Waals surface area contributed by atoms with Gasteiger partial charge in [0.1, 0.15) is 11.5 Å². The first-order valence-electron chi connectivity index (χ1n) is 8.78. The predicted molar refractivity (Wildman–Crippen MR) is 101 cm³/mol. The van der Waals surface area contributed by atoms with Gasteiger partial charge in [0, 0.05) is 29.3 Å². The highest BCUT2D eigenvalue weighted by Gasteiger charge is 2.23. The van der Waals surface area contributed by atoms with Gasteiger partial charge >= 0.3 is 0 Å². The summed E-state index contributed by atoms with van der Waals surface area (Å²) in [5.41, 5.74) is 2.13. The number of nitrogens with zero attached hydrogens (tertiary/aromatic N) is 2. The van der Waals surface area contributed by atoms with Crippen molar-refractivity contribution in [1.82, 2.24) is 15.5 Å². The first-order chi connectivity index (χ1) is 13.2. The molecule has 0 spiro atoms. The van der Waals surface area contributed by atoms with Crippen LogP contribution in [0.2, 0.25) is 0 Å². The fourth-order valence-electron chi connectivity index (χ4n) is 2.63. The van der Waals surface area contributed by atoms with Crippen LogP contribution in [0.4, 0.5) is 0 Å². The highest BCUT2D eigenvalue weighted by molar-refractivity contribution is 5.95. The van der Waals surface area contributed by atoms with Crippen LogP contribution >= 0.6 is 0 Å². The van der Waals surface area contributed by atoms with Crippen molar-refractivity contribution in [1.29, 1.82) is 0 Å². The Hall–Kier alpha value is -3.41. The average molecular weight is 361 g/mol. The van der Waals surface area contributed by atoms with Crippen molar-refractivity contribution in [3.05, 3.63) is 66.2 Å². The third-order valence-electron chi connectivity index (χ3n) is 4.24. The lowest BCUT2D eigenvalue weighted by Crippen LogP contribution is -2.25. The normalized spacial score (nSPS) is 13.1. The summed E-state index contributed by atoms with van der Waals surface area (Å²) in [6.07, 6.45) is 2.12. The molecule has 3 aromatic rings. The fraction of sp³-hybridized carbons (Fsp3) is 0.190. The molecule has 1 fully saturated rings. The molecule has 0 atom stereocenters. The summed E-state index contributed by atoms with van der Waals surface area (Å²) in [6.45, 7) is 0. The lowest BCUT2D eigenvalue weighted by molar-refractivity contribution is 0.0951. The van der Waals surface area contributed by atoms with Gasteiger partial charge in [-0.3, -0.25) is 4.79 Å². The third kappa shape index (κ3) is 4.23. The van der Waals surface area contributed by atoms with E-state index in [4.69, 9.17) is 9.47 Å². The van der Waals surface area contributed by atoms with E-state index < -0.39 is 0 Å². The Labute approximate surface area is 157 Å². The van der Waals surface area contributed by atoms with Gasteiger partial charge in [0.25, 0.3) is 5.91 Å². The van der Waals surface area contributed by atoms with Crippen LogP contribution < -0.4 is 14.8 Å². The summed E-state index contributed by atoms with van der Waals surface area (Å²) in [7, 11) is 1.60. The molecule has 1 aliphatic carbocycles. The van der Waals surface area contributed by atoms with Gasteiger partial charge in [-0.05, 0) is 43.2 Å². The molecule has 1 aromatic heterocycles. The van der Waals surface area contributed by atoms with E-state index in [0.29, 0.717) is 34.7 Å². The smallest absolute Gasteiger partial charge is 0.251 e. The van der Waals surface area contributed by atoms with E-state index in [1.165, 1.54) is 0 Å². The van der Waals surface area contributed by atoms with Crippen LogP contribution in [0.5, 0.6) is 17.4 Å². The number of hydrogen-bond acceptors (Lipinski definition) is 5. The van der Waals surface area contributed by atoms with Crippen LogP contribution in [-0.4, -0.2) is 29.3 Å². The molecule has 0 bridgehead atoms. The summed E-state index contributed by atoms with van der Waals surface area (Å²) in [4.78, 5) is 12.2. The largest absolute Gasteiger partial charge is 0.497 e. The van der Waals surface area contributed by atoms with Crippen LogP contribution in [0.3, 0.4) is 0 Å². The zero-order chi connectivity index (χ0) is 18.6. The molecule has 0 radical (unpaired) electrons. The highest BCUT2D eigenvalue weighted by atomic mass is 16.5. The van der Waals surface area contributed by atoms with Crippen molar-refractivity contribution in [3.8, 4) is 28.6 Å². The lowest BCUT2D eigenvalue weighted by atomic mass is 10.1. The van der Waals surface area contributed by atoms with Gasteiger partial charge in [0.2, 0.25) is 5.88 Å². The average Bonchev–Trinajstić information content (AvgIpc) is 3.53. The number of ether oxygens (including phenoxy) is 2. The van der Waals surface area contributed by atoms with Gasteiger partial charge in [-0.2, -0.15) is 0 Å². The second kappa shape index (κ2) is 7.45. The second-order valence-electron chi connectivity index (χ2n) is 6.37. The quantitative estimate of drug-likeness (QED) is 0.722. The summed E-state index contributed by atoms with van der Waals surface area (Å²) in [5.74, 6) is 1.66. The SMILES string of the molecule is COc1cccc(Oc2ccc(-c3cccc(C(=O)NC4CC4)c3)nn2)c1. The Morgan fingerprint density at radius 3 is 2.56 bits per heavy atom. The van der Waals surface area contributed by atoms with Crippen molar-refractivity contribution in [2.24, 2.45) is 0 Å². The van der Waals surface area contributed by atoms with E-state index in [1.54, 1.807) is 25.3 Å². The lowest BCUT2D eigenvalue weighted by Gasteiger charge is -2.07. The van der Waals surface area contributed by atoms with Gasteiger partial charge in [-0.1, -0.05) is 18.2 Å². The standard InChI is InChI=1S/C21H19N3O3/c1-26-17-6-3-7-18(13-17)27-20-11-10-19(23-24-20)14-4-2-5-15(12-14)21(25)22-16-8-9-16/h2-7,10-13,16H,8-9H2,1H3,(H,22,25). The number of benzene rings is 2. The van der Waals surface area contributed by atoms with Crippen LogP contribution in [0.15, 0.2) is 60.7 Å². The van der Waals surface area contributed by atoms with Gasteiger partial charge < -0.3 is 14.8 Å². The van der Waals surface area contributed by atoms with E-state index in [-0.39, 0.29) is 5.91 Å². The molecule has 1 heterocycles. The minimum Gasteiger partial charge on any atom is -0.497 e. The zero-order valence-electron chi connectivity index (χ0n) is 14.9. The number of carbonyl (C=O) groups excluding carboxylic acids is 1. The van der Waals surface area contributed by atoms with Crippen LogP contribution in [0.25, 0.3) is 11.3 Å². The predicted octanol–water partition coefficient (Wildman–Crippen LogP) is 3.84. The maximum Gasteiger partial charge on any atom is 0.251 e. The molecule has 27 heavy (non-hydrogen) atoms. The van der Waals surface area contributed by atoms with Crippen LogP contribution in [0.1, 0.15) is 23.2 Å². The summed E-state index contributed by atoms with van der Waals surface area (Å²) in [6, 6.07) is 18.5. The van der Waals surface area contributed by atoms with E-state index in [0.717, 1.165) is 18.4 Å². The van der Waals surface area contributed by atoms with Crippen molar-refractivity contribution < 1.29 is 14.3 Å². The van der Waals surface area contributed by atoms with Crippen LogP contribution in [0, 0.1) is 0 Å². The number of nitrogens with one attached hydrogen (secondary N) is 1. The molecule has 0 saturated heterocycles. The van der Waals surface area contributed by atoms with E-state index in [9.17, 15) is 4.79 Å². The van der Waals surface area contributed by atoms with Gasteiger partial charge in [0.05, 0.1) is 12.8 Å². The van der Waals surface area contributed by atoms with Gasteiger partial charge in [-0.15, -0.1) is 10.2 Å². The summed E-state index contributed by atoms with van der Waals surface area (Å²) < 4.78 is 10.9. The molecule has 6 nitrogen and oxygen atoms in total. The maximum absolute atomic E-state index is 12.2. The van der Waals surface area contributed by atoms with E-state index >= 15 is 0 Å². The molecule has 136 valence electrons. The molecule has 2 aromatic carbocycles. The van der Waals surface area contributed by atoms with Crippen molar-refractivity contribution in [2.45, 2.75) is 18.9 Å². The number of amides is 1. The van der Waals surface area contributed by atoms with Gasteiger partial charge in [0.15, 0.2) is 0 Å². The van der Waals surface area contributed by atoms with Crippen molar-refractivity contribution in [3.63, 3.8) is 0 Å². The molecule has 1 N–H and O–H groups in total. The van der Waals surface area contributed by atoms with Gasteiger partial charge in [-0.25, -0.2) is 0 Å². The second-order valence-corrected chi connectivity index (χ2v) is 6.37. The van der Waals surface area contributed by atoms with Crippen LogP contribution in [-0.2, 0) is 0 Å². The molecule has 1 amide bonds. The Kier molecular flexibility index (Phi) is 4.70. The van der Waals surface area contributed by atoms with E-state index in [2.05, 4.69) is 15.5 Å². The minimum atomic E-state index is -0.0507. The first-order valence-corrected chi connectivity index (χ1v) is 8.78. The monoisotopic (exact) mass is 361 g/mol. The number of hydrogen-bond donors (Lipinski definition) is 1. The third-order valence-corrected chi connectivity index (χ3v) is 4.24. The number of methoxy groups -OCH3 is 1. The van der Waals surface area contributed by atoms with Crippen molar-refractivity contribution >= 4 is 5.91 Å². The van der Waals surface area contributed by atoms with Crippen molar-refractivity contribution in [2.75, 3.05) is 7.11 Å². The molecule has 6 heteroatoms. The Balaban J connectivity index is 1.49. The summed E-state index contributed by atoms with van der Waals surface area (Å²) >= 11 is 0. The topological polar surface area (TPSA) is 73.3 Å². The minimum absolute atomic E-state index is 0.0507.